The number of methoxy groups -OCH3 is 2. The van der Waals surface area contributed by atoms with E-state index in [1.165, 1.54) is 7.11 Å². The molecular formula is C14H17N2O3+. The zero-order chi connectivity index (χ0) is 13.8. The van der Waals surface area contributed by atoms with Gasteiger partial charge in [-0.25, -0.2) is 0 Å². The van der Waals surface area contributed by atoms with Crippen molar-refractivity contribution in [3.63, 3.8) is 0 Å². The Balaban J connectivity index is 2.40. The minimum absolute atomic E-state index is 0.0459. The molecule has 2 aromatic rings. The fraction of sp³-hybridized carbons (Fsp3) is 0.286. The van der Waals surface area contributed by atoms with Crippen molar-refractivity contribution in [2.24, 2.45) is 0 Å². The van der Waals surface area contributed by atoms with Gasteiger partial charge in [0.15, 0.2) is 0 Å². The number of ether oxygens (including phenoxy) is 2. The molecule has 1 aromatic heterocycles. The van der Waals surface area contributed by atoms with Crippen LogP contribution in [-0.2, 0) is 4.74 Å². The summed E-state index contributed by atoms with van der Waals surface area (Å²) >= 11 is 0. The fourth-order valence-electron chi connectivity index (χ4n) is 1.86. The molecule has 0 fully saturated rings. The molecule has 0 saturated heterocycles. The summed E-state index contributed by atoms with van der Waals surface area (Å²) in [6, 6.07) is 7.51. The van der Waals surface area contributed by atoms with Gasteiger partial charge in [0.05, 0.1) is 13.3 Å². The van der Waals surface area contributed by atoms with E-state index in [0.717, 1.165) is 17.0 Å². The molecule has 100 valence electrons. The summed E-state index contributed by atoms with van der Waals surface area (Å²) in [6.07, 6.45) is 3.68. The van der Waals surface area contributed by atoms with E-state index in [0.29, 0.717) is 0 Å². The number of carbonyl (C=O) groups excluding carboxylic acids is 1. The first kappa shape index (κ1) is 13.3. The van der Waals surface area contributed by atoms with Crippen LogP contribution in [-0.4, -0.2) is 31.4 Å². The van der Waals surface area contributed by atoms with Crippen molar-refractivity contribution in [3.8, 4) is 11.4 Å². The maximum atomic E-state index is 12.0. The normalized spacial score (nSPS) is 10.5. The number of benzene rings is 1. The van der Waals surface area contributed by atoms with Gasteiger partial charge in [-0.05, 0) is 19.1 Å². The van der Waals surface area contributed by atoms with Crippen LogP contribution < -0.4 is 9.42 Å². The minimum Gasteiger partial charge on any atom is -0.497 e. The standard InChI is InChI=1S/C14H17N2O3/c1-11-8-15(16(9-11)14(17)10-18-2)12-4-6-13(19-3)7-5-12/h4-9H,10H2,1-3H3/q+1. The Morgan fingerprint density at radius 1 is 1.26 bits per heavy atom. The molecule has 19 heavy (non-hydrogen) atoms. The SMILES string of the molecule is COCC(=O)n1cc(C)c[n+]1-c1ccc(OC)cc1. The lowest BCUT2D eigenvalue weighted by atomic mass is 10.3. The van der Waals surface area contributed by atoms with Gasteiger partial charge in [-0.3, -0.25) is 4.79 Å². The predicted molar refractivity (Wildman–Crippen MR) is 69.8 cm³/mol. The fourth-order valence-corrected chi connectivity index (χ4v) is 1.86. The summed E-state index contributed by atoms with van der Waals surface area (Å²) < 4.78 is 13.3. The van der Waals surface area contributed by atoms with Crippen LogP contribution in [0.3, 0.4) is 0 Å². The van der Waals surface area contributed by atoms with Crippen molar-refractivity contribution in [2.45, 2.75) is 6.92 Å². The van der Waals surface area contributed by atoms with Gasteiger partial charge < -0.3 is 9.47 Å². The largest absolute Gasteiger partial charge is 0.497 e. The van der Waals surface area contributed by atoms with E-state index in [9.17, 15) is 4.79 Å². The Kier molecular flexibility index (Phi) is 3.97. The Bertz CT molecular complexity index is 573. The van der Waals surface area contributed by atoms with E-state index in [4.69, 9.17) is 9.47 Å². The van der Waals surface area contributed by atoms with Crippen molar-refractivity contribution in [1.29, 1.82) is 0 Å². The molecule has 0 amide bonds. The lowest BCUT2D eigenvalue weighted by Gasteiger charge is -2.02. The van der Waals surface area contributed by atoms with E-state index >= 15 is 0 Å². The Labute approximate surface area is 112 Å². The molecule has 2 rings (SSSR count). The first-order valence-corrected chi connectivity index (χ1v) is 5.93. The lowest BCUT2D eigenvalue weighted by Crippen LogP contribution is -2.44. The number of aryl methyl sites for hydroxylation is 1. The molecule has 0 aliphatic heterocycles. The van der Waals surface area contributed by atoms with Gasteiger partial charge in [0, 0.05) is 24.8 Å². The summed E-state index contributed by atoms with van der Waals surface area (Å²) in [4.78, 5) is 12.0. The average Bonchev–Trinajstić information content (AvgIpc) is 2.81. The van der Waals surface area contributed by atoms with Gasteiger partial charge in [-0.2, -0.15) is 0 Å². The molecule has 0 spiro atoms. The van der Waals surface area contributed by atoms with Crippen LogP contribution in [0.4, 0.5) is 0 Å². The van der Waals surface area contributed by atoms with Crippen molar-refractivity contribution >= 4 is 5.91 Å². The van der Waals surface area contributed by atoms with Gasteiger partial charge in [0.2, 0.25) is 11.9 Å². The summed E-state index contributed by atoms with van der Waals surface area (Å²) in [5, 5.41) is 0. The highest BCUT2D eigenvalue weighted by atomic mass is 16.5. The third-order valence-corrected chi connectivity index (χ3v) is 2.74. The molecular weight excluding hydrogens is 244 g/mol. The van der Waals surface area contributed by atoms with Gasteiger partial charge in [-0.1, -0.05) is 9.36 Å². The molecule has 1 heterocycles. The van der Waals surface area contributed by atoms with E-state index in [2.05, 4.69) is 0 Å². The Morgan fingerprint density at radius 3 is 2.53 bits per heavy atom. The highest BCUT2D eigenvalue weighted by Crippen LogP contribution is 2.11. The molecule has 0 saturated carbocycles. The third kappa shape index (κ3) is 2.82. The van der Waals surface area contributed by atoms with E-state index in [1.807, 2.05) is 37.4 Å². The molecule has 0 N–H and O–H groups in total. The number of rotatable bonds is 4. The van der Waals surface area contributed by atoms with E-state index in [-0.39, 0.29) is 12.5 Å². The maximum Gasteiger partial charge on any atom is 0.308 e. The van der Waals surface area contributed by atoms with Gasteiger partial charge in [-0.15, -0.1) is 0 Å². The van der Waals surface area contributed by atoms with Crippen LogP contribution in [0.25, 0.3) is 5.69 Å². The minimum atomic E-state index is -0.119. The second-order valence-corrected chi connectivity index (χ2v) is 4.22. The molecule has 0 aliphatic carbocycles. The van der Waals surface area contributed by atoms with Crippen LogP contribution in [0, 0.1) is 6.92 Å². The molecule has 0 unspecified atom stereocenters. The van der Waals surface area contributed by atoms with Gasteiger partial charge in [0.1, 0.15) is 12.4 Å². The first-order chi connectivity index (χ1) is 9.15. The highest BCUT2D eigenvalue weighted by molar-refractivity contribution is 5.78. The summed E-state index contributed by atoms with van der Waals surface area (Å²) in [7, 11) is 3.13. The van der Waals surface area contributed by atoms with Crippen LogP contribution in [0.1, 0.15) is 10.4 Å². The number of carbonyl (C=O) groups is 1. The zero-order valence-corrected chi connectivity index (χ0v) is 11.3. The molecule has 5 nitrogen and oxygen atoms in total. The quantitative estimate of drug-likeness (QED) is 0.781. The second-order valence-electron chi connectivity index (χ2n) is 4.22. The lowest BCUT2D eigenvalue weighted by molar-refractivity contribution is -0.672. The summed E-state index contributed by atoms with van der Waals surface area (Å²) in [5.74, 6) is 0.661. The van der Waals surface area contributed by atoms with Crippen LogP contribution in [0.15, 0.2) is 36.7 Å². The molecule has 0 aliphatic rings. The molecule has 0 bridgehead atoms. The molecule has 1 aromatic carbocycles. The van der Waals surface area contributed by atoms with E-state index in [1.54, 1.807) is 22.7 Å². The van der Waals surface area contributed by atoms with Crippen LogP contribution in [0.2, 0.25) is 0 Å². The topological polar surface area (TPSA) is 44.3 Å². The number of hydrogen-bond donors (Lipinski definition) is 0. The summed E-state index contributed by atoms with van der Waals surface area (Å²) in [5.41, 5.74) is 1.89. The highest BCUT2D eigenvalue weighted by Gasteiger charge is 2.20. The van der Waals surface area contributed by atoms with Crippen molar-refractivity contribution in [3.05, 3.63) is 42.2 Å². The molecule has 0 radical (unpaired) electrons. The first-order valence-electron chi connectivity index (χ1n) is 5.93. The van der Waals surface area contributed by atoms with Crippen molar-refractivity contribution in [2.75, 3.05) is 20.8 Å². The number of aromatic nitrogens is 2. The second kappa shape index (κ2) is 5.67. The number of nitrogens with zero attached hydrogens (tertiary/aromatic N) is 2. The Morgan fingerprint density at radius 2 is 1.95 bits per heavy atom. The van der Waals surface area contributed by atoms with Gasteiger partial charge in [0.25, 0.3) is 0 Å². The third-order valence-electron chi connectivity index (χ3n) is 2.74. The van der Waals surface area contributed by atoms with Crippen molar-refractivity contribution in [1.82, 2.24) is 4.68 Å². The van der Waals surface area contributed by atoms with Crippen LogP contribution in [0.5, 0.6) is 5.75 Å². The zero-order valence-electron chi connectivity index (χ0n) is 11.3. The average molecular weight is 261 g/mol. The molecule has 5 heteroatoms. The monoisotopic (exact) mass is 261 g/mol. The number of hydrogen-bond acceptors (Lipinski definition) is 3. The van der Waals surface area contributed by atoms with E-state index < -0.39 is 0 Å². The maximum absolute atomic E-state index is 12.0. The summed E-state index contributed by atoms with van der Waals surface area (Å²) in [6.45, 7) is 1.99. The van der Waals surface area contributed by atoms with Crippen molar-refractivity contribution < 1.29 is 19.0 Å². The predicted octanol–water partition coefficient (Wildman–Crippen LogP) is 1.37. The van der Waals surface area contributed by atoms with Gasteiger partial charge >= 0.3 is 5.91 Å². The smallest absolute Gasteiger partial charge is 0.308 e. The van der Waals surface area contributed by atoms with Crippen LogP contribution >= 0.6 is 0 Å². The molecule has 0 atom stereocenters. The Hall–Kier alpha value is -2.14.